The van der Waals surface area contributed by atoms with Gasteiger partial charge in [-0.3, -0.25) is 0 Å². The van der Waals surface area contributed by atoms with Gasteiger partial charge in [-0.2, -0.15) is 0 Å². The summed E-state index contributed by atoms with van der Waals surface area (Å²) in [7, 11) is 0. The monoisotopic (exact) mass is 263 g/mol. The van der Waals surface area contributed by atoms with Crippen LogP contribution in [0.2, 0.25) is 10.0 Å². The zero-order valence-corrected chi connectivity index (χ0v) is 10.8. The smallest absolute Gasteiger partial charge is 0.129 e. The molecule has 90 valence electrons. The lowest BCUT2D eigenvalue weighted by Gasteiger charge is -2.15. The Balaban J connectivity index is 2.81. The highest BCUT2D eigenvalue weighted by Gasteiger charge is 2.17. The highest BCUT2D eigenvalue weighted by atomic mass is 35.5. The van der Waals surface area contributed by atoms with Crippen LogP contribution in [0, 0.1) is 5.82 Å². The fourth-order valence-corrected chi connectivity index (χ4v) is 2.10. The fourth-order valence-electron chi connectivity index (χ4n) is 1.64. The first-order valence-electron chi connectivity index (χ1n) is 5.46. The molecule has 0 bridgehead atoms. The predicted octanol–water partition coefficient (Wildman–Crippen LogP) is 4.71. The van der Waals surface area contributed by atoms with Crippen LogP contribution in [0.25, 0.3) is 0 Å². The summed E-state index contributed by atoms with van der Waals surface area (Å²) in [5.74, 6) is -0.376. The maximum Gasteiger partial charge on any atom is 0.129 e. The van der Waals surface area contributed by atoms with Crippen molar-refractivity contribution in [3.05, 3.63) is 33.6 Å². The van der Waals surface area contributed by atoms with E-state index >= 15 is 0 Å². The van der Waals surface area contributed by atoms with Crippen molar-refractivity contribution in [1.29, 1.82) is 0 Å². The first kappa shape index (κ1) is 13.8. The van der Waals surface area contributed by atoms with Crippen molar-refractivity contribution in [3.8, 4) is 0 Å². The quantitative estimate of drug-likeness (QED) is 0.604. The molecule has 1 rings (SSSR count). The van der Waals surface area contributed by atoms with Gasteiger partial charge in [-0.15, -0.1) is 0 Å². The third-order valence-corrected chi connectivity index (χ3v) is 3.39. The summed E-state index contributed by atoms with van der Waals surface area (Å²) in [4.78, 5) is 0. The molecule has 2 N–H and O–H groups in total. The van der Waals surface area contributed by atoms with Gasteiger partial charge in [-0.25, -0.2) is 4.39 Å². The molecule has 1 aromatic carbocycles. The molecule has 0 saturated carbocycles. The largest absolute Gasteiger partial charge is 0.324 e. The van der Waals surface area contributed by atoms with E-state index in [0.29, 0.717) is 10.6 Å². The molecular weight excluding hydrogens is 248 g/mol. The van der Waals surface area contributed by atoms with E-state index in [4.69, 9.17) is 28.9 Å². The number of benzene rings is 1. The van der Waals surface area contributed by atoms with Crippen molar-refractivity contribution in [2.45, 2.75) is 38.6 Å². The molecule has 0 fully saturated rings. The van der Waals surface area contributed by atoms with Gasteiger partial charge in [-0.05, 0) is 18.6 Å². The van der Waals surface area contributed by atoms with Crippen molar-refractivity contribution < 1.29 is 4.39 Å². The van der Waals surface area contributed by atoms with Gasteiger partial charge in [0.25, 0.3) is 0 Å². The van der Waals surface area contributed by atoms with Crippen LogP contribution in [0.1, 0.15) is 44.2 Å². The predicted molar refractivity (Wildman–Crippen MR) is 67.5 cm³/mol. The summed E-state index contributed by atoms with van der Waals surface area (Å²) in [6.07, 6.45) is 3.90. The number of hydrogen-bond acceptors (Lipinski definition) is 1. The van der Waals surface area contributed by atoms with Crippen LogP contribution in [0.5, 0.6) is 0 Å². The average molecular weight is 264 g/mol. The lowest BCUT2D eigenvalue weighted by Crippen LogP contribution is -2.13. The first-order valence-corrected chi connectivity index (χ1v) is 6.22. The second-order valence-corrected chi connectivity index (χ2v) is 4.64. The number of unbranched alkanes of at least 4 members (excludes halogenated alkanes) is 2. The molecular formula is C12H16Cl2FN. The minimum absolute atomic E-state index is 0.241. The van der Waals surface area contributed by atoms with E-state index in [0.717, 1.165) is 25.7 Å². The van der Waals surface area contributed by atoms with Crippen LogP contribution in [-0.4, -0.2) is 0 Å². The third kappa shape index (κ3) is 3.34. The molecule has 4 heteroatoms. The minimum Gasteiger partial charge on any atom is -0.324 e. The third-order valence-electron chi connectivity index (χ3n) is 2.57. The molecule has 0 spiro atoms. The Labute approximate surface area is 106 Å². The normalized spacial score (nSPS) is 12.8. The Morgan fingerprint density at radius 2 is 2.00 bits per heavy atom. The number of nitrogens with two attached hydrogens (primary N) is 1. The van der Waals surface area contributed by atoms with Gasteiger partial charge < -0.3 is 5.73 Å². The SMILES string of the molecule is CCCCC[C@H](N)c1c(F)ccc(Cl)c1Cl. The van der Waals surface area contributed by atoms with Crippen molar-refractivity contribution in [2.24, 2.45) is 5.73 Å². The Kier molecular flexibility index (Phi) is 5.53. The number of halogens is 3. The van der Waals surface area contributed by atoms with Gasteiger partial charge in [0.2, 0.25) is 0 Å². The molecule has 0 aliphatic rings. The molecule has 0 saturated heterocycles. The lowest BCUT2D eigenvalue weighted by molar-refractivity contribution is 0.539. The van der Waals surface area contributed by atoms with E-state index < -0.39 is 0 Å². The maximum absolute atomic E-state index is 13.6. The minimum atomic E-state index is -0.377. The molecule has 1 atom stereocenters. The van der Waals surface area contributed by atoms with Crippen molar-refractivity contribution >= 4 is 23.2 Å². The first-order chi connectivity index (χ1) is 7.57. The highest BCUT2D eigenvalue weighted by molar-refractivity contribution is 6.42. The second-order valence-electron chi connectivity index (χ2n) is 3.86. The van der Waals surface area contributed by atoms with Gasteiger partial charge >= 0.3 is 0 Å². The average Bonchev–Trinajstić information content (AvgIpc) is 2.24. The lowest BCUT2D eigenvalue weighted by atomic mass is 10.0. The summed E-state index contributed by atoms with van der Waals surface area (Å²) in [5, 5.41) is 0.592. The maximum atomic E-state index is 13.6. The summed E-state index contributed by atoms with van der Waals surface area (Å²) in [5.41, 5.74) is 6.26. The molecule has 1 nitrogen and oxygen atoms in total. The molecule has 0 aromatic heterocycles. The fraction of sp³-hybridized carbons (Fsp3) is 0.500. The summed E-state index contributed by atoms with van der Waals surface area (Å²) >= 11 is 11.8. The van der Waals surface area contributed by atoms with E-state index in [1.54, 1.807) is 0 Å². The van der Waals surface area contributed by atoms with Crippen LogP contribution < -0.4 is 5.73 Å². The van der Waals surface area contributed by atoms with Gasteiger partial charge in [-0.1, -0.05) is 49.4 Å². The highest BCUT2D eigenvalue weighted by Crippen LogP contribution is 2.33. The van der Waals surface area contributed by atoms with E-state index in [1.165, 1.54) is 12.1 Å². The Morgan fingerprint density at radius 3 is 2.62 bits per heavy atom. The van der Waals surface area contributed by atoms with Gasteiger partial charge in [0.15, 0.2) is 0 Å². The van der Waals surface area contributed by atoms with E-state index in [9.17, 15) is 4.39 Å². The van der Waals surface area contributed by atoms with Crippen LogP contribution in [0.4, 0.5) is 4.39 Å². The van der Waals surface area contributed by atoms with E-state index in [2.05, 4.69) is 6.92 Å². The van der Waals surface area contributed by atoms with Crippen LogP contribution in [0.15, 0.2) is 12.1 Å². The molecule has 0 heterocycles. The summed E-state index contributed by atoms with van der Waals surface area (Å²) in [6.45, 7) is 2.11. The zero-order valence-electron chi connectivity index (χ0n) is 9.27. The van der Waals surface area contributed by atoms with Gasteiger partial charge in [0.1, 0.15) is 5.82 Å². The van der Waals surface area contributed by atoms with Crippen molar-refractivity contribution in [1.82, 2.24) is 0 Å². The van der Waals surface area contributed by atoms with E-state index in [1.807, 2.05) is 0 Å². The van der Waals surface area contributed by atoms with Crippen LogP contribution in [-0.2, 0) is 0 Å². The molecule has 0 unspecified atom stereocenters. The summed E-state index contributed by atoms with van der Waals surface area (Å²) < 4.78 is 13.6. The standard InChI is InChI=1S/C12H16Cl2FN/c1-2-3-4-5-10(16)11-9(15)7-6-8(13)12(11)14/h6-7,10H,2-5,16H2,1H3/t10-/m0/s1. The molecule has 0 aliphatic carbocycles. The van der Waals surface area contributed by atoms with Gasteiger partial charge in [0.05, 0.1) is 10.0 Å². The second kappa shape index (κ2) is 6.43. The Hall–Kier alpha value is -0.310. The van der Waals surface area contributed by atoms with Crippen LogP contribution >= 0.6 is 23.2 Å². The van der Waals surface area contributed by atoms with Gasteiger partial charge in [0, 0.05) is 11.6 Å². The zero-order chi connectivity index (χ0) is 12.1. The number of rotatable bonds is 5. The van der Waals surface area contributed by atoms with Crippen molar-refractivity contribution in [3.63, 3.8) is 0 Å². The van der Waals surface area contributed by atoms with Crippen molar-refractivity contribution in [2.75, 3.05) is 0 Å². The molecule has 0 radical (unpaired) electrons. The Morgan fingerprint density at radius 1 is 1.31 bits per heavy atom. The van der Waals surface area contributed by atoms with Crippen LogP contribution in [0.3, 0.4) is 0 Å². The number of hydrogen-bond donors (Lipinski definition) is 1. The topological polar surface area (TPSA) is 26.0 Å². The summed E-state index contributed by atoms with van der Waals surface area (Å²) in [6, 6.07) is 2.38. The van der Waals surface area contributed by atoms with E-state index in [-0.39, 0.29) is 16.9 Å². The molecule has 0 amide bonds. The molecule has 16 heavy (non-hydrogen) atoms. The Bertz CT molecular complexity index is 355. The molecule has 1 aromatic rings. The molecule has 0 aliphatic heterocycles.